The summed E-state index contributed by atoms with van der Waals surface area (Å²) < 4.78 is 5.33. The van der Waals surface area contributed by atoms with Crippen molar-refractivity contribution in [2.24, 2.45) is 0 Å². The zero-order valence-corrected chi connectivity index (χ0v) is 11.4. The molecule has 3 nitrogen and oxygen atoms in total. The standard InChI is InChI=1S/C15H24N2O/c1-16-10-15(12-18-2)17-9-8-14(11-17)13-6-4-3-5-7-13/h3-7,14-16H,8-12H2,1-2H3. The summed E-state index contributed by atoms with van der Waals surface area (Å²) in [7, 11) is 3.79. The number of hydrogen-bond acceptors (Lipinski definition) is 3. The SMILES string of the molecule is CNCC(COC)N1CCC(c2ccccc2)C1. The first kappa shape index (κ1) is 13.5. The van der Waals surface area contributed by atoms with Crippen molar-refractivity contribution in [1.29, 1.82) is 0 Å². The molecule has 1 aliphatic rings. The molecule has 0 saturated carbocycles. The van der Waals surface area contributed by atoms with Crippen LogP contribution in [0.5, 0.6) is 0 Å². The maximum Gasteiger partial charge on any atom is 0.0630 e. The largest absolute Gasteiger partial charge is 0.383 e. The number of nitrogens with zero attached hydrogens (tertiary/aromatic N) is 1. The zero-order chi connectivity index (χ0) is 12.8. The van der Waals surface area contributed by atoms with E-state index in [1.54, 1.807) is 7.11 Å². The van der Waals surface area contributed by atoms with Crippen LogP contribution in [0.3, 0.4) is 0 Å². The molecule has 1 heterocycles. The number of nitrogens with one attached hydrogen (secondary N) is 1. The lowest BCUT2D eigenvalue weighted by molar-refractivity contribution is 0.105. The van der Waals surface area contributed by atoms with Gasteiger partial charge >= 0.3 is 0 Å². The van der Waals surface area contributed by atoms with Crippen molar-refractivity contribution in [2.45, 2.75) is 18.4 Å². The summed E-state index contributed by atoms with van der Waals surface area (Å²) in [6.45, 7) is 4.13. The van der Waals surface area contributed by atoms with E-state index in [1.807, 2.05) is 7.05 Å². The Morgan fingerprint density at radius 1 is 1.39 bits per heavy atom. The Labute approximate surface area is 110 Å². The van der Waals surface area contributed by atoms with Crippen molar-refractivity contribution >= 4 is 0 Å². The van der Waals surface area contributed by atoms with E-state index < -0.39 is 0 Å². The van der Waals surface area contributed by atoms with E-state index in [-0.39, 0.29) is 0 Å². The molecule has 0 amide bonds. The average molecular weight is 248 g/mol. The highest BCUT2D eigenvalue weighted by Crippen LogP contribution is 2.28. The first-order chi connectivity index (χ1) is 8.85. The molecule has 0 aliphatic carbocycles. The van der Waals surface area contributed by atoms with Crippen LogP contribution in [0.15, 0.2) is 30.3 Å². The van der Waals surface area contributed by atoms with Gasteiger partial charge in [-0.05, 0) is 31.5 Å². The molecular formula is C15H24N2O. The van der Waals surface area contributed by atoms with Gasteiger partial charge in [0.15, 0.2) is 0 Å². The van der Waals surface area contributed by atoms with Crippen molar-refractivity contribution < 1.29 is 4.74 Å². The Morgan fingerprint density at radius 3 is 2.83 bits per heavy atom. The van der Waals surface area contributed by atoms with Gasteiger partial charge in [0.2, 0.25) is 0 Å². The van der Waals surface area contributed by atoms with Gasteiger partial charge in [-0.2, -0.15) is 0 Å². The van der Waals surface area contributed by atoms with Crippen LogP contribution in [0.1, 0.15) is 17.9 Å². The lowest BCUT2D eigenvalue weighted by atomic mass is 9.99. The summed E-state index contributed by atoms with van der Waals surface area (Å²) in [5, 5.41) is 3.26. The number of hydrogen-bond donors (Lipinski definition) is 1. The van der Waals surface area contributed by atoms with E-state index >= 15 is 0 Å². The number of methoxy groups -OCH3 is 1. The zero-order valence-electron chi connectivity index (χ0n) is 11.4. The molecule has 1 aromatic carbocycles. The minimum Gasteiger partial charge on any atom is -0.383 e. The summed E-state index contributed by atoms with van der Waals surface area (Å²) in [5.74, 6) is 0.683. The molecule has 18 heavy (non-hydrogen) atoms. The predicted molar refractivity (Wildman–Crippen MR) is 75.0 cm³/mol. The van der Waals surface area contributed by atoms with Crippen LogP contribution in [0.4, 0.5) is 0 Å². The Bertz CT molecular complexity index is 336. The van der Waals surface area contributed by atoms with Crippen molar-refractivity contribution in [1.82, 2.24) is 10.2 Å². The van der Waals surface area contributed by atoms with E-state index in [0.29, 0.717) is 12.0 Å². The van der Waals surface area contributed by atoms with E-state index in [0.717, 1.165) is 19.7 Å². The van der Waals surface area contributed by atoms with E-state index in [2.05, 4.69) is 40.5 Å². The molecule has 2 rings (SSSR count). The molecule has 3 heteroatoms. The van der Waals surface area contributed by atoms with Gasteiger partial charge in [0.1, 0.15) is 0 Å². The molecule has 1 N–H and O–H groups in total. The first-order valence-electron chi connectivity index (χ1n) is 6.77. The van der Waals surface area contributed by atoms with Crippen LogP contribution < -0.4 is 5.32 Å². The highest BCUT2D eigenvalue weighted by Gasteiger charge is 2.28. The molecule has 1 aliphatic heterocycles. The Hall–Kier alpha value is -0.900. The van der Waals surface area contributed by atoms with Gasteiger partial charge < -0.3 is 10.1 Å². The van der Waals surface area contributed by atoms with Gasteiger partial charge in [-0.25, -0.2) is 0 Å². The van der Waals surface area contributed by atoms with Crippen LogP contribution in [0, 0.1) is 0 Å². The van der Waals surface area contributed by atoms with Gasteiger partial charge in [-0.3, -0.25) is 4.90 Å². The van der Waals surface area contributed by atoms with Crippen LogP contribution in [0.25, 0.3) is 0 Å². The molecule has 0 bridgehead atoms. The molecule has 2 unspecified atom stereocenters. The first-order valence-corrected chi connectivity index (χ1v) is 6.77. The van der Waals surface area contributed by atoms with Crippen LogP contribution in [-0.4, -0.2) is 51.3 Å². The number of rotatable bonds is 6. The highest BCUT2D eigenvalue weighted by atomic mass is 16.5. The van der Waals surface area contributed by atoms with Gasteiger partial charge in [-0.1, -0.05) is 30.3 Å². The highest BCUT2D eigenvalue weighted by molar-refractivity contribution is 5.21. The second-order valence-corrected chi connectivity index (χ2v) is 5.06. The Balaban J connectivity index is 1.94. The Kier molecular flexibility index (Phi) is 5.17. The van der Waals surface area contributed by atoms with Crippen LogP contribution >= 0.6 is 0 Å². The van der Waals surface area contributed by atoms with Crippen molar-refractivity contribution in [3.05, 3.63) is 35.9 Å². The van der Waals surface area contributed by atoms with Gasteiger partial charge in [0.05, 0.1) is 6.61 Å². The molecule has 1 saturated heterocycles. The summed E-state index contributed by atoms with van der Waals surface area (Å²) >= 11 is 0. The topological polar surface area (TPSA) is 24.5 Å². The normalized spacial score (nSPS) is 22.2. The Morgan fingerprint density at radius 2 is 2.17 bits per heavy atom. The maximum absolute atomic E-state index is 5.33. The van der Waals surface area contributed by atoms with Gasteiger partial charge in [0, 0.05) is 26.2 Å². The van der Waals surface area contributed by atoms with Crippen LogP contribution in [0.2, 0.25) is 0 Å². The number of ether oxygens (including phenoxy) is 1. The molecule has 1 fully saturated rings. The fourth-order valence-corrected chi connectivity index (χ4v) is 2.84. The van der Waals surface area contributed by atoms with Gasteiger partial charge in [0.25, 0.3) is 0 Å². The van der Waals surface area contributed by atoms with Crippen molar-refractivity contribution in [3.63, 3.8) is 0 Å². The third kappa shape index (κ3) is 3.31. The average Bonchev–Trinajstić information content (AvgIpc) is 2.89. The molecule has 1 aromatic rings. The number of benzene rings is 1. The van der Waals surface area contributed by atoms with Crippen molar-refractivity contribution in [2.75, 3.05) is 40.4 Å². The second-order valence-electron chi connectivity index (χ2n) is 5.06. The van der Waals surface area contributed by atoms with Gasteiger partial charge in [-0.15, -0.1) is 0 Å². The molecule has 0 aromatic heterocycles. The predicted octanol–water partition coefficient (Wildman–Crippen LogP) is 1.71. The van der Waals surface area contributed by atoms with E-state index in [9.17, 15) is 0 Å². The minimum absolute atomic E-state index is 0.494. The summed E-state index contributed by atoms with van der Waals surface area (Å²) in [4.78, 5) is 2.55. The summed E-state index contributed by atoms with van der Waals surface area (Å²) in [6.07, 6.45) is 1.26. The van der Waals surface area contributed by atoms with E-state index in [4.69, 9.17) is 4.74 Å². The van der Waals surface area contributed by atoms with Crippen molar-refractivity contribution in [3.8, 4) is 0 Å². The lowest BCUT2D eigenvalue weighted by Gasteiger charge is -2.27. The molecule has 100 valence electrons. The molecular weight excluding hydrogens is 224 g/mol. The summed E-state index contributed by atoms with van der Waals surface area (Å²) in [5.41, 5.74) is 1.47. The maximum atomic E-state index is 5.33. The third-order valence-electron chi connectivity index (χ3n) is 3.81. The minimum atomic E-state index is 0.494. The summed E-state index contributed by atoms with van der Waals surface area (Å²) in [6, 6.07) is 11.4. The second kappa shape index (κ2) is 6.88. The third-order valence-corrected chi connectivity index (χ3v) is 3.81. The van der Waals surface area contributed by atoms with Crippen LogP contribution in [-0.2, 0) is 4.74 Å². The fraction of sp³-hybridized carbons (Fsp3) is 0.600. The quantitative estimate of drug-likeness (QED) is 0.829. The molecule has 0 radical (unpaired) electrons. The monoisotopic (exact) mass is 248 g/mol. The molecule has 0 spiro atoms. The number of likely N-dealkylation sites (tertiary alicyclic amines) is 1. The smallest absolute Gasteiger partial charge is 0.0630 e. The molecule has 2 atom stereocenters. The number of likely N-dealkylation sites (N-methyl/N-ethyl adjacent to an activating group) is 1. The fourth-order valence-electron chi connectivity index (χ4n) is 2.84. The van der Waals surface area contributed by atoms with E-state index in [1.165, 1.54) is 18.5 Å². The lowest BCUT2D eigenvalue weighted by Crippen LogP contribution is -2.43.